The summed E-state index contributed by atoms with van der Waals surface area (Å²) in [5.41, 5.74) is 11.7. The predicted molar refractivity (Wildman–Crippen MR) is 95.9 cm³/mol. The molecule has 0 aromatic heterocycles. The van der Waals surface area contributed by atoms with Gasteiger partial charge in [-0.1, -0.05) is 30.3 Å². The van der Waals surface area contributed by atoms with Crippen molar-refractivity contribution in [3.63, 3.8) is 0 Å². The molecular formula is C20H24N2O2. The number of hydrogen-bond donors (Lipinski definition) is 3. The monoisotopic (exact) mass is 324 g/mol. The number of aliphatic carboxylic acids is 1. The van der Waals surface area contributed by atoms with Crippen molar-refractivity contribution in [3.8, 4) is 0 Å². The van der Waals surface area contributed by atoms with Crippen LogP contribution in [0.1, 0.15) is 35.1 Å². The third-order valence-corrected chi connectivity index (χ3v) is 4.76. The lowest BCUT2D eigenvalue weighted by atomic mass is 9.82. The molecule has 0 amide bonds. The number of carbonyl (C=O) groups is 1. The first kappa shape index (κ1) is 16.5. The molecule has 1 atom stereocenters. The van der Waals surface area contributed by atoms with Crippen molar-refractivity contribution < 1.29 is 9.90 Å². The Kier molecular flexibility index (Phi) is 5.16. The number of hydrogen-bond acceptors (Lipinski definition) is 3. The maximum atomic E-state index is 10.9. The first-order valence-electron chi connectivity index (χ1n) is 8.49. The topological polar surface area (TPSA) is 75.3 Å². The molecule has 126 valence electrons. The average Bonchev–Trinajstić information content (AvgIpc) is 2.59. The second-order valence-corrected chi connectivity index (χ2v) is 6.56. The zero-order valence-electron chi connectivity index (χ0n) is 13.8. The van der Waals surface area contributed by atoms with E-state index in [0.29, 0.717) is 6.54 Å². The summed E-state index contributed by atoms with van der Waals surface area (Å²) in [6.45, 7) is 1.33. The van der Waals surface area contributed by atoms with Gasteiger partial charge < -0.3 is 16.2 Å². The van der Waals surface area contributed by atoms with E-state index in [0.717, 1.165) is 37.1 Å². The van der Waals surface area contributed by atoms with E-state index in [1.165, 1.54) is 16.7 Å². The minimum Gasteiger partial charge on any atom is -0.481 e. The Morgan fingerprint density at radius 3 is 2.58 bits per heavy atom. The van der Waals surface area contributed by atoms with Crippen LogP contribution in [0.25, 0.3) is 0 Å². The molecule has 4 N–H and O–H groups in total. The summed E-state index contributed by atoms with van der Waals surface area (Å²) in [6, 6.07) is 14.8. The van der Waals surface area contributed by atoms with Gasteiger partial charge in [-0.25, -0.2) is 0 Å². The van der Waals surface area contributed by atoms with Gasteiger partial charge in [0.25, 0.3) is 0 Å². The normalized spacial score (nSPS) is 16.5. The molecule has 0 heterocycles. The van der Waals surface area contributed by atoms with Gasteiger partial charge in [0.1, 0.15) is 0 Å². The molecule has 1 aliphatic rings. The molecule has 0 fully saturated rings. The van der Waals surface area contributed by atoms with Crippen molar-refractivity contribution in [1.29, 1.82) is 0 Å². The summed E-state index contributed by atoms with van der Waals surface area (Å²) >= 11 is 0. The molecule has 1 unspecified atom stereocenters. The lowest BCUT2D eigenvalue weighted by molar-refractivity contribution is -0.138. The molecule has 1 aliphatic carbocycles. The minimum atomic E-state index is -0.696. The smallest absolute Gasteiger partial charge is 0.303 e. The van der Waals surface area contributed by atoms with Gasteiger partial charge in [-0.15, -0.1) is 0 Å². The highest BCUT2D eigenvalue weighted by atomic mass is 16.4. The maximum absolute atomic E-state index is 10.9. The van der Waals surface area contributed by atoms with Crippen molar-refractivity contribution in [2.45, 2.75) is 38.8 Å². The van der Waals surface area contributed by atoms with Crippen LogP contribution in [0, 0.1) is 5.92 Å². The third kappa shape index (κ3) is 4.15. The predicted octanol–water partition coefficient (Wildman–Crippen LogP) is 3.34. The van der Waals surface area contributed by atoms with Gasteiger partial charge in [-0.05, 0) is 59.6 Å². The summed E-state index contributed by atoms with van der Waals surface area (Å²) in [4.78, 5) is 10.9. The Balaban J connectivity index is 1.63. The Labute approximate surface area is 142 Å². The molecule has 2 aromatic carbocycles. The Morgan fingerprint density at radius 2 is 1.88 bits per heavy atom. The largest absolute Gasteiger partial charge is 0.481 e. The number of rotatable bonds is 6. The van der Waals surface area contributed by atoms with Gasteiger partial charge in [0, 0.05) is 25.2 Å². The van der Waals surface area contributed by atoms with Crippen molar-refractivity contribution in [1.82, 2.24) is 0 Å². The molecule has 4 nitrogen and oxygen atoms in total. The number of carboxylic acids is 1. The lowest BCUT2D eigenvalue weighted by Gasteiger charge is -2.24. The number of benzene rings is 2. The summed E-state index contributed by atoms with van der Waals surface area (Å²) in [5.74, 6) is -0.437. The molecule has 4 heteroatoms. The van der Waals surface area contributed by atoms with Crippen LogP contribution in [-0.2, 0) is 30.7 Å². The molecule has 0 saturated carbocycles. The second-order valence-electron chi connectivity index (χ2n) is 6.56. The van der Waals surface area contributed by atoms with Crippen LogP contribution < -0.4 is 11.1 Å². The highest BCUT2D eigenvalue weighted by Crippen LogP contribution is 2.29. The minimum absolute atomic E-state index is 0.258. The Bertz CT molecular complexity index is 710. The standard InChI is InChI=1S/C20H24N2O2/c21-12-14-1-3-15(4-2-14)13-22-19-8-7-17-6-5-16(10-20(23)24)9-18(17)11-19/h1-4,7-8,11,16,22H,5-6,9-10,12-13,21H2,(H,23,24). The van der Waals surface area contributed by atoms with E-state index in [9.17, 15) is 4.79 Å². The number of carboxylic acid groups (broad SMARTS) is 1. The molecule has 3 rings (SSSR count). The number of nitrogens with two attached hydrogens (primary N) is 1. The third-order valence-electron chi connectivity index (χ3n) is 4.76. The van der Waals surface area contributed by atoms with Crippen LogP contribution in [0.15, 0.2) is 42.5 Å². The fraction of sp³-hybridized carbons (Fsp3) is 0.350. The highest BCUT2D eigenvalue weighted by Gasteiger charge is 2.21. The van der Waals surface area contributed by atoms with Gasteiger partial charge in [-0.3, -0.25) is 4.79 Å². The number of nitrogens with one attached hydrogen (secondary N) is 1. The van der Waals surface area contributed by atoms with Crippen molar-refractivity contribution in [2.75, 3.05) is 5.32 Å². The van der Waals surface area contributed by atoms with Gasteiger partial charge in [0.05, 0.1) is 0 Å². The first-order valence-corrected chi connectivity index (χ1v) is 8.49. The van der Waals surface area contributed by atoms with Crippen LogP contribution in [-0.4, -0.2) is 11.1 Å². The Hall–Kier alpha value is -2.33. The SMILES string of the molecule is NCc1ccc(CNc2ccc3c(c2)CC(CC(=O)O)CC3)cc1. The van der Waals surface area contributed by atoms with Gasteiger partial charge in [0.15, 0.2) is 0 Å². The summed E-state index contributed by atoms with van der Waals surface area (Å²) in [6.07, 6.45) is 3.08. The van der Waals surface area contributed by atoms with Crippen LogP contribution in [0.5, 0.6) is 0 Å². The van der Waals surface area contributed by atoms with Crippen LogP contribution in [0.2, 0.25) is 0 Å². The quantitative estimate of drug-likeness (QED) is 0.762. The first-order chi connectivity index (χ1) is 11.6. The fourth-order valence-electron chi connectivity index (χ4n) is 3.36. The fourth-order valence-corrected chi connectivity index (χ4v) is 3.36. The van der Waals surface area contributed by atoms with Gasteiger partial charge >= 0.3 is 5.97 Å². The Morgan fingerprint density at radius 1 is 1.12 bits per heavy atom. The van der Waals surface area contributed by atoms with E-state index < -0.39 is 5.97 Å². The van der Waals surface area contributed by atoms with Crippen molar-refractivity contribution >= 4 is 11.7 Å². The highest BCUT2D eigenvalue weighted by molar-refractivity contribution is 5.67. The van der Waals surface area contributed by atoms with Crippen LogP contribution in [0.3, 0.4) is 0 Å². The van der Waals surface area contributed by atoms with E-state index in [-0.39, 0.29) is 12.3 Å². The number of fused-ring (bicyclic) bond motifs is 1. The van der Waals surface area contributed by atoms with Gasteiger partial charge in [0.2, 0.25) is 0 Å². The second kappa shape index (κ2) is 7.49. The molecule has 2 aromatic rings. The van der Waals surface area contributed by atoms with E-state index in [1.54, 1.807) is 0 Å². The van der Waals surface area contributed by atoms with Gasteiger partial charge in [-0.2, -0.15) is 0 Å². The summed E-state index contributed by atoms with van der Waals surface area (Å²) in [7, 11) is 0. The van der Waals surface area contributed by atoms with Crippen molar-refractivity contribution in [2.24, 2.45) is 11.7 Å². The van der Waals surface area contributed by atoms with Crippen molar-refractivity contribution in [3.05, 3.63) is 64.7 Å². The molecule has 0 aliphatic heterocycles. The zero-order chi connectivity index (χ0) is 16.9. The van der Waals surface area contributed by atoms with E-state index in [4.69, 9.17) is 10.8 Å². The molecule has 0 spiro atoms. The molecule has 24 heavy (non-hydrogen) atoms. The number of aryl methyl sites for hydroxylation is 1. The summed E-state index contributed by atoms with van der Waals surface area (Å²) < 4.78 is 0. The molecule has 0 saturated heterocycles. The zero-order valence-corrected chi connectivity index (χ0v) is 13.8. The van der Waals surface area contributed by atoms with E-state index in [2.05, 4.69) is 47.8 Å². The van der Waals surface area contributed by atoms with Crippen LogP contribution in [0.4, 0.5) is 5.69 Å². The van der Waals surface area contributed by atoms with E-state index in [1.807, 2.05) is 0 Å². The number of anilines is 1. The maximum Gasteiger partial charge on any atom is 0.303 e. The lowest BCUT2D eigenvalue weighted by Crippen LogP contribution is -2.17. The molecule has 0 bridgehead atoms. The summed E-state index contributed by atoms with van der Waals surface area (Å²) in [5, 5.41) is 12.5. The average molecular weight is 324 g/mol. The molecule has 0 radical (unpaired) electrons. The molecular weight excluding hydrogens is 300 g/mol. The van der Waals surface area contributed by atoms with E-state index >= 15 is 0 Å². The van der Waals surface area contributed by atoms with Crippen LogP contribution >= 0.6 is 0 Å².